The molecule has 1 atom stereocenters. The van der Waals surface area contributed by atoms with Gasteiger partial charge in [-0.3, -0.25) is 9.59 Å². The number of rotatable bonds is 7. The maximum atomic E-state index is 11.8. The van der Waals surface area contributed by atoms with Gasteiger partial charge in [0.25, 0.3) is 5.91 Å². The summed E-state index contributed by atoms with van der Waals surface area (Å²) in [6, 6.07) is 7.10. The van der Waals surface area contributed by atoms with Crippen molar-refractivity contribution in [2.45, 2.75) is 31.8 Å². The van der Waals surface area contributed by atoms with Crippen LogP contribution in [0, 0.1) is 5.92 Å². The lowest BCUT2D eigenvalue weighted by Gasteiger charge is -2.12. The molecule has 124 valence electrons. The van der Waals surface area contributed by atoms with Crippen molar-refractivity contribution in [2.75, 3.05) is 25.1 Å². The van der Waals surface area contributed by atoms with Gasteiger partial charge in [-0.2, -0.15) is 0 Å². The number of ether oxygens (including phenoxy) is 2. The van der Waals surface area contributed by atoms with E-state index >= 15 is 0 Å². The summed E-state index contributed by atoms with van der Waals surface area (Å²) in [6.07, 6.45) is 4.10. The van der Waals surface area contributed by atoms with Gasteiger partial charge in [-0.1, -0.05) is 6.07 Å². The van der Waals surface area contributed by atoms with Gasteiger partial charge >= 0.3 is 0 Å². The van der Waals surface area contributed by atoms with Crippen LogP contribution in [0.5, 0.6) is 5.75 Å². The number of hydrogen-bond donors (Lipinski definition) is 2. The van der Waals surface area contributed by atoms with Crippen LogP contribution < -0.4 is 15.4 Å². The molecule has 1 saturated heterocycles. The lowest BCUT2D eigenvalue weighted by atomic mass is 10.2. The summed E-state index contributed by atoms with van der Waals surface area (Å²) in [5.41, 5.74) is 0.694. The van der Waals surface area contributed by atoms with Gasteiger partial charge in [0.15, 0.2) is 6.61 Å². The number of hydrogen-bond acceptors (Lipinski definition) is 4. The van der Waals surface area contributed by atoms with Crippen molar-refractivity contribution in [2.24, 2.45) is 5.92 Å². The van der Waals surface area contributed by atoms with E-state index in [1.807, 2.05) is 6.07 Å². The van der Waals surface area contributed by atoms with Crippen molar-refractivity contribution in [3.8, 4) is 5.75 Å². The van der Waals surface area contributed by atoms with Crippen LogP contribution in [-0.4, -0.2) is 37.7 Å². The van der Waals surface area contributed by atoms with Crippen molar-refractivity contribution in [3.63, 3.8) is 0 Å². The predicted molar refractivity (Wildman–Crippen MR) is 85.3 cm³/mol. The molecule has 0 bridgehead atoms. The SMILES string of the molecule is O=C(COc1cccc(NC(=O)C2CC2)c1)NCC1CCCO1. The molecule has 0 aromatic heterocycles. The van der Waals surface area contributed by atoms with Gasteiger partial charge in [0.2, 0.25) is 5.91 Å². The van der Waals surface area contributed by atoms with Crippen LogP contribution in [0.4, 0.5) is 5.69 Å². The van der Waals surface area contributed by atoms with Crippen molar-refractivity contribution in [3.05, 3.63) is 24.3 Å². The summed E-state index contributed by atoms with van der Waals surface area (Å²) in [7, 11) is 0. The van der Waals surface area contributed by atoms with Gasteiger partial charge in [-0.25, -0.2) is 0 Å². The Bertz CT molecular complexity index is 565. The van der Waals surface area contributed by atoms with Crippen molar-refractivity contribution >= 4 is 17.5 Å². The zero-order valence-corrected chi connectivity index (χ0v) is 13.0. The second-order valence-corrected chi connectivity index (χ2v) is 6.02. The lowest BCUT2D eigenvalue weighted by molar-refractivity contribution is -0.123. The van der Waals surface area contributed by atoms with Crippen LogP contribution in [0.3, 0.4) is 0 Å². The molecule has 0 spiro atoms. The first kappa shape index (κ1) is 15.8. The Balaban J connectivity index is 1.41. The molecule has 1 aliphatic heterocycles. The number of benzene rings is 1. The number of carbonyl (C=O) groups is 2. The maximum Gasteiger partial charge on any atom is 0.258 e. The third-order valence-corrected chi connectivity index (χ3v) is 3.97. The van der Waals surface area contributed by atoms with Crippen LogP contribution >= 0.6 is 0 Å². The Labute approximate surface area is 135 Å². The number of amides is 2. The van der Waals surface area contributed by atoms with Gasteiger partial charge < -0.3 is 20.1 Å². The summed E-state index contributed by atoms with van der Waals surface area (Å²) in [6.45, 7) is 1.25. The summed E-state index contributed by atoms with van der Waals surface area (Å²) >= 11 is 0. The van der Waals surface area contributed by atoms with Gasteiger partial charge in [0.05, 0.1) is 6.10 Å². The quantitative estimate of drug-likeness (QED) is 0.802. The normalized spacial score (nSPS) is 20.1. The molecular formula is C17H22N2O4. The molecule has 1 heterocycles. The molecule has 2 N–H and O–H groups in total. The molecule has 1 aromatic carbocycles. The number of carbonyl (C=O) groups excluding carboxylic acids is 2. The zero-order valence-electron chi connectivity index (χ0n) is 13.0. The molecule has 1 aromatic rings. The standard InChI is InChI=1S/C17H22N2O4/c20-16(18-10-15-5-2-8-22-15)11-23-14-4-1-3-13(9-14)19-17(21)12-6-7-12/h1,3-4,9,12,15H,2,5-8,10-11H2,(H,18,20)(H,19,21). The molecule has 1 aliphatic carbocycles. The second-order valence-electron chi connectivity index (χ2n) is 6.02. The van der Waals surface area contributed by atoms with Crippen molar-refractivity contribution < 1.29 is 19.1 Å². The second kappa shape index (κ2) is 7.46. The summed E-state index contributed by atoms with van der Waals surface area (Å²) < 4.78 is 10.9. The van der Waals surface area contributed by atoms with E-state index < -0.39 is 0 Å². The van der Waals surface area contributed by atoms with Crippen LogP contribution in [0.25, 0.3) is 0 Å². The fraction of sp³-hybridized carbons (Fsp3) is 0.529. The third-order valence-electron chi connectivity index (χ3n) is 3.97. The fourth-order valence-corrected chi connectivity index (χ4v) is 2.49. The summed E-state index contributed by atoms with van der Waals surface area (Å²) in [5, 5.41) is 5.66. The Morgan fingerprint density at radius 1 is 1.26 bits per heavy atom. The molecule has 1 unspecified atom stereocenters. The molecule has 6 heteroatoms. The molecule has 2 fully saturated rings. The molecule has 1 saturated carbocycles. The maximum absolute atomic E-state index is 11.8. The van der Waals surface area contributed by atoms with Crippen molar-refractivity contribution in [1.82, 2.24) is 5.32 Å². The van der Waals surface area contributed by atoms with E-state index in [1.165, 1.54) is 0 Å². The molecule has 0 radical (unpaired) electrons. The highest BCUT2D eigenvalue weighted by atomic mass is 16.5. The molecule has 2 aliphatic rings. The van der Waals surface area contributed by atoms with Crippen LogP contribution in [-0.2, 0) is 14.3 Å². The number of nitrogens with one attached hydrogen (secondary N) is 2. The lowest BCUT2D eigenvalue weighted by Crippen LogP contribution is -2.35. The van der Waals surface area contributed by atoms with E-state index in [0.29, 0.717) is 18.0 Å². The van der Waals surface area contributed by atoms with Gasteiger partial charge in [-0.15, -0.1) is 0 Å². The number of anilines is 1. The van der Waals surface area contributed by atoms with E-state index in [0.717, 1.165) is 32.3 Å². The molecule has 6 nitrogen and oxygen atoms in total. The van der Waals surface area contributed by atoms with E-state index in [9.17, 15) is 9.59 Å². The highest BCUT2D eigenvalue weighted by molar-refractivity contribution is 5.94. The topological polar surface area (TPSA) is 76.7 Å². The van der Waals surface area contributed by atoms with E-state index in [4.69, 9.17) is 9.47 Å². The monoisotopic (exact) mass is 318 g/mol. The smallest absolute Gasteiger partial charge is 0.258 e. The molecule has 23 heavy (non-hydrogen) atoms. The van der Waals surface area contributed by atoms with Crippen LogP contribution in [0.1, 0.15) is 25.7 Å². The largest absolute Gasteiger partial charge is 0.484 e. The van der Waals surface area contributed by atoms with Crippen LogP contribution in [0.2, 0.25) is 0 Å². The van der Waals surface area contributed by atoms with Gasteiger partial charge in [0.1, 0.15) is 5.75 Å². The average Bonchev–Trinajstić information content (AvgIpc) is 3.28. The summed E-state index contributed by atoms with van der Waals surface area (Å²) in [4.78, 5) is 23.5. The highest BCUT2D eigenvalue weighted by Gasteiger charge is 2.29. The Kier molecular flexibility index (Phi) is 5.12. The third kappa shape index (κ3) is 4.96. The van der Waals surface area contributed by atoms with Gasteiger partial charge in [0, 0.05) is 30.8 Å². The molecule has 2 amide bonds. The fourth-order valence-electron chi connectivity index (χ4n) is 2.49. The van der Waals surface area contributed by atoms with Crippen LogP contribution in [0.15, 0.2) is 24.3 Å². The molecular weight excluding hydrogens is 296 g/mol. The Hall–Kier alpha value is -2.08. The van der Waals surface area contributed by atoms with E-state index in [-0.39, 0.29) is 30.4 Å². The van der Waals surface area contributed by atoms with E-state index in [2.05, 4.69) is 10.6 Å². The average molecular weight is 318 g/mol. The highest BCUT2D eigenvalue weighted by Crippen LogP contribution is 2.30. The predicted octanol–water partition coefficient (Wildman–Crippen LogP) is 1.71. The Morgan fingerprint density at radius 2 is 2.13 bits per heavy atom. The molecule has 3 rings (SSSR count). The minimum absolute atomic E-state index is 0.0489. The minimum Gasteiger partial charge on any atom is -0.484 e. The first-order valence-electron chi connectivity index (χ1n) is 8.13. The minimum atomic E-state index is -0.173. The zero-order chi connectivity index (χ0) is 16.1. The summed E-state index contributed by atoms with van der Waals surface area (Å²) in [5.74, 6) is 0.596. The van der Waals surface area contributed by atoms with E-state index in [1.54, 1.807) is 18.2 Å². The Morgan fingerprint density at radius 3 is 2.87 bits per heavy atom. The first-order valence-corrected chi connectivity index (χ1v) is 8.13. The first-order chi connectivity index (χ1) is 11.2. The van der Waals surface area contributed by atoms with Gasteiger partial charge in [-0.05, 0) is 37.8 Å². The van der Waals surface area contributed by atoms with Crippen molar-refractivity contribution in [1.29, 1.82) is 0 Å².